The lowest BCUT2D eigenvalue weighted by Crippen LogP contribution is -2.18. The SMILES string of the molecule is c1ccc(-c2nc(N3c4cc5ccccc5cc4-c4cccc5cccc3c45)nc3c2oc2ccccc23)cc1. The molecule has 0 saturated heterocycles. The molecule has 6 aromatic carbocycles. The van der Waals surface area contributed by atoms with Crippen molar-refractivity contribution in [3.63, 3.8) is 0 Å². The van der Waals surface area contributed by atoms with Crippen molar-refractivity contribution in [1.29, 1.82) is 0 Å². The van der Waals surface area contributed by atoms with Crippen molar-refractivity contribution >= 4 is 60.9 Å². The Morgan fingerprint density at radius 1 is 0.550 bits per heavy atom. The van der Waals surface area contributed by atoms with E-state index in [9.17, 15) is 0 Å². The Labute approximate surface area is 229 Å². The van der Waals surface area contributed by atoms with Gasteiger partial charge in [-0.05, 0) is 52.1 Å². The monoisotopic (exact) mass is 511 g/mol. The van der Waals surface area contributed by atoms with Gasteiger partial charge in [0.25, 0.3) is 0 Å². The highest BCUT2D eigenvalue weighted by molar-refractivity contribution is 6.16. The molecule has 1 aliphatic rings. The molecule has 0 fully saturated rings. The summed E-state index contributed by atoms with van der Waals surface area (Å²) in [6.45, 7) is 0. The van der Waals surface area contributed by atoms with Crippen LogP contribution in [0.15, 0.2) is 132 Å². The second-order valence-electron chi connectivity index (χ2n) is 10.2. The lowest BCUT2D eigenvalue weighted by Gasteiger charge is -2.32. The minimum atomic E-state index is 0.622. The van der Waals surface area contributed by atoms with Gasteiger partial charge in [0, 0.05) is 21.9 Å². The van der Waals surface area contributed by atoms with Crippen molar-refractivity contribution in [1.82, 2.24) is 9.97 Å². The number of benzene rings is 6. The van der Waals surface area contributed by atoms with Crippen LogP contribution < -0.4 is 4.90 Å². The predicted molar refractivity (Wildman–Crippen MR) is 163 cm³/mol. The minimum absolute atomic E-state index is 0.622. The van der Waals surface area contributed by atoms with Gasteiger partial charge in [-0.1, -0.05) is 97.1 Å². The summed E-state index contributed by atoms with van der Waals surface area (Å²) in [4.78, 5) is 12.7. The normalized spacial score (nSPS) is 12.4. The standard InChI is InChI=1S/C36H21N3O/c1-2-10-23(11-3-1)33-35-34(27-16-6-7-19-31(27)40-35)38-36(37-33)39-29-18-9-15-22-14-8-17-26(32(22)29)28-20-24-12-4-5-13-25(24)21-30(28)39/h1-21H. The molecular formula is C36H21N3O. The predicted octanol–water partition coefficient (Wildman–Crippen LogP) is 9.80. The molecule has 1 aliphatic heterocycles. The first-order chi connectivity index (χ1) is 19.8. The second-order valence-corrected chi connectivity index (χ2v) is 10.2. The Kier molecular flexibility index (Phi) is 4.30. The summed E-state index contributed by atoms with van der Waals surface area (Å²) in [5, 5.41) is 5.76. The van der Waals surface area contributed by atoms with Crippen molar-refractivity contribution in [3.8, 4) is 22.4 Å². The lowest BCUT2D eigenvalue weighted by molar-refractivity contribution is 0.667. The van der Waals surface area contributed by atoms with E-state index in [1.165, 1.54) is 32.7 Å². The molecule has 186 valence electrons. The van der Waals surface area contributed by atoms with Crippen molar-refractivity contribution in [2.45, 2.75) is 0 Å². The summed E-state index contributed by atoms with van der Waals surface area (Å²) >= 11 is 0. The first-order valence-electron chi connectivity index (χ1n) is 13.4. The van der Waals surface area contributed by atoms with Crippen LogP contribution in [0.4, 0.5) is 17.3 Å². The maximum absolute atomic E-state index is 6.38. The molecule has 0 amide bonds. The van der Waals surface area contributed by atoms with Crippen LogP contribution in [0.5, 0.6) is 0 Å². The summed E-state index contributed by atoms with van der Waals surface area (Å²) in [6, 6.07) is 44.4. The van der Waals surface area contributed by atoms with E-state index in [1.807, 2.05) is 36.4 Å². The van der Waals surface area contributed by atoms with E-state index in [4.69, 9.17) is 14.4 Å². The van der Waals surface area contributed by atoms with Gasteiger partial charge in [0.1, 0.15) is 16.8 Å². The van der Waals surface area contributed by atoms with Crippen LogP contribution >= 0.6 is 0 Å². The number of furan rings is 1. The molecule has 0 aliphatic carbocycles. The maximum atomic E-state index is 6.38. The summed E-state index contributed by atoms with van der Waals surface area (Å²) in [5.74, 6) is 0.622. The summed E-state index contributed by atoms with van der Waals surface area (Å²) in [5.41, 5.74) is 8.62. The minimum Gasteiger partial charge on any atom is -0.452 e. The molecule has 4 heteroatoms. The Hall–Kier alpha value is -5.48. The zero-order valence-electron chi connectivity index (χ0n) is 21.4. The molecule has 9 rings (SSSR count). The summed E-state index contributed by atoms with van der Waals surface area (Å²) in [6.07, 6.45) is 0. The van der Waals surface area contributed by atoms with Crippen LogP contribution in [0.2, 0.25) is 0 Å². The van der Waals surface area contributed by atoms with Gasteiger partial charge < -0.3 is 4.42 Å². The number of nitrogens with zero attached hydrogens (tertiary/aromatic N) is 3. The molecule has 40 heavy (non-hydrogen) atoms. The number of hydrogen-bond donors (Lipinski definition) is 0. The fourth-order valence-corrected chi connectivity index (χ4v) is 6.18. The summed E-state index contributed by atoms with van der Waals surface area (Å²) in [7, 11) is 0. The Bertz CT molecular complexity index is 2280. The average molecular weight is 512 g/mol. The highest BCUT2D eigenvalue weighted by atomic mass is 16.3. The Balaban J connectivity index is 1.43. The highest BCUT2D eigenvalue weighted by Crippen LogP contribution is 2.51. The number of rotatable bonds is 2. The zero-order chi connectivity index (χ0) is 26.2. The fourth-order valence-electron chi connectivity index (χ4n) is 6.18. The van der Waals surface area contributed by atoms with Crippen LogP contribution in [0, 0.1) is 0 Å². The molecule has 0 radical (unpaired) electrons. The molecule has 4 nitrogen and oxygen atoms in total. The van der Waals surface area contributed by atoms with Gasteiger partial charge in [0.15, 0.2) is 5.58 Å². The van der Waals surface area contributed by atoms with Crippen LogP contribution in [-0.4, -0.2) is 9.97 Å². The topological polar surface area (TPSA) is 42.2 Å². The third-order valence-electron chi connectivity index (χ3n) is 7.97. The van der Waals surface area contributed by atoms with Crippen molar-refractivity contribution in [3.05, 3.63) is 127 Å². The van der Waals surface area contributed by atoms with E-state index in [0.29, 0.717) is 11.5 Å². The zero-order valence-corrected chi connectivity index (χ0v) is 21.4. The third-order valence-corrected chi connectivity index (χ3v) is 7.97. The molecule has 2 aromatic heterocycles. The summed E-state index contributed by atoms with van der Waals surface area (Å²) < 4.78 is 6.38. The van der Waals surface area contributed by atoms with Gasteiger partial charge in [-0.3, -0.25) is 4.90 Å². The molecule has 0 atom stereocenters. The second kappa shape index (κ2) is 8.01. The van der Waals surface area contributed by atoms with Gasteiger partial charge in [-0.25, -0.2) is 9.97 Å². The number of fused-ring (bicyclic) bond motifs is 6. The molecule has 0 saturated carbocycles. The third kappa shape index (κ3) is 2.96. The Morgan fingerprint density at radius 3 is 2.15 bits per heavy atom. The molecule has 0 N–H and O–H groups in total. The van der Waals surface area contributed by atoms with Crippen LogP contribution in [0.25, 0.3) is 66.0 Å². The molecule has 3 heterocycles. The molecule has 0 spiro atoms. The molecule has 0 unspecified atom stereocenters. The van der Waals surface area contributed by atoms with Crippen molar-refractivity contribution in [2.24, 2.45) is 0 Å². The van der Waals surface area contributed by atoms with Crippen LogP contribution in [0.1, 0.15) is 0 Å². The maximum Gasteiger partial charge on any atom is 0.236 e. The first kappa shape index (κ1) is 21.5. The Morgan fingerprint density at radius 2 is 1.27 bits per heavy atom. The smallest absolute Gasteiger partial charge is 0.236 e. The van der Waals surface area contributed by atoms with Crippen LogP contribution in [0.3, 0.4) is 0 Å². The van der Waals surface area contributed by atoms with E-state index in [1.54, 1.807) is 0 Å². The van der Waals surface area contributed by atoms with E-state index < -0.39 is 0 Å². The number of anilines is 3. The van der Waals surface area contributed by atoms with Crippen LogP contribution in [-0.2, 0) is 0 Å². The van der Waals surface area contributed by atoms with E-state index in [2.05, 4.69) is 95.9 Å². The number of hydrogen-bond acceptors (Lipinski definition) is 4. The van der Waals surface area contributed by atoms with E-state index in [-0.39, 0.29) is 0 Å². The van der Waals surface area contributed by atoms with Gasteiger partial charge in [-0.15, -0.1) is 0 Å². The molecule has 0 bridgehead atoms. The van der Waals surface area contributed by atoms with Gasteiger partial charge >= 0.3 is 0 Å². The van der Waals surface area contributed by atoms with Gasteiger partial charge in [0.05, 0.1) is 11.4 Å². The quantitative estimate of drug-likeness (QED) is 0.232. The highest BCUT2D eigenvalue weighted by Gasteiger charge is 2.29. The van der Waals surface area contributed by atoms with Gasteiger partial charge in [-0.2, -0.15) is 0 Å². The lowest BCUT2D eigenvalue weighted by atomic mass is 9.90. The molecular weight excluding hydrogens is 490 g/mol. The number of aromatic nitrogens is 2. The largest absolute Gasteiger partial charge is 0.452 e. The average Bonchev–Trinajstić information content (AvgIpc) is 3.39. The van der Waals surface area contributed by atoms with Crippen molar-refractivity contribution in [2.75, 3.05) is 4.90 Å². The molecule has 8 aromatic rings. The number of para-hydroxylation sites is 1. The van der Waals surface area contributed by atoms with Gasteiger partial charge in [0.2, 0.25) is 5.95 Å². The first-order valence-corrected chi connectivity index (χ1v) is 13.4. The fraction of sp³-hybridized carbons (Fsp3) is 0. The van der Waals surface area contributed by atoms with E-state index >= 15 is 0 Å². The van der Waals surface area contributed by atoms with E-state index in [0.717, 1.165) is 39.1 Å². The van der Waals surface area contributed by atoms with Crippen molar-refractivity contribution < 1.29 is 4.42 Å².